The summed E-state index contributed by atoms with van der Waals surface area (Å²) >= 11 is 7.61. The zero-order chi connectivity index (χ0) is 12.3. The van der Waals surface area contributed by atoms with E-state index < -0.39 is 0 Å². The van der Waals surface area contributed by atoms with Gasteiger partial charge in [0.15, 0.2) is 0 Å². The van der Waals surface area contributed by atoms with Crippen molar-refractivity contribution in [2.45, 2.75) is 9.79 Å². The molecule has 17 heavy (non-hydrogen) atoms. The first-order valence-electron chi connectivity index (χ1n) is 5.06. The molecule has 0 amide bonds. The van der Waals surface area contributed by atoms with Gasteiger partial charge in [0.2, 0.25) is 0 Å². The largest absolute Gasteiger partial charge is 0.495 e. The molecule has 0 bridgehead atoms. The summed E-state index contributed by atoms with van der Waals surface area (Å²) in [4.78, 5) is 2.21. The van der Waals surface area contributed by atoms with E-state index in [4.69, 9.17) is 22.1 Å². The highest BCUT2D eigenvalue weighted by atomic mass is 35.5. The third-order valence-electron chi connectivity index (χ3n) is 2.24. The van der Waals surface area contributed by atoms with Crippen LogP contribution in [0.15, 0.2) is 52.3 Å². The van der Waals surface area contributed by atoms with E-state index >= 15 is 0 Å². The van der Waals surface area contributed by atoms with E-state index in [1.807, 2.05) is 42.5 Å². The molecular formula is C13H12ClNOS. The molecule has 4 heteroatoms. The topological polar surface area (TPSA) is 35.2 Å². The van der Waals surface area contributed by atoms with Crippen LogP contribution in [0.25, 0.3) is 0 Å². The third kappa shape index (κ3) is 3.08. The number of rotatable bonds is 3. The standard InChI is InChI=1S/C13H12ClNOS/c1-16-13-8-11(6-7-12(13)14)17-10-4-2-9(15)3-5-10/h2-8H,15H2,1H3. The first kappa shape index (κ1) is 12.1. The highest BCUT2D eigenvalue weighted by Crippen LogP contribution is 2.33. The van der Waals surface area contributed by atoms with Gasteiger partial charge in [0.25, 0.3) is 0 Å². The number of hydrogen-bond acceptors (Lipinski definition) is 3. The highest BCUT2D eigenvalue weighted by molar-refractivity contribution is 7.99. The van der Waals surface area contributed by atoms with Gasteiger partial charge in [-0.05, 0) is 42.5 Å². The van der Waals surface area contributed by atoms with Gasteiger partial charge in [0.1, 0.15) is 5.75 Å². The molecular weight excluding hydrogens is 254 g/mol. The minimum absolute atomic E-state index is 0.620. The number of hydrogen-bond donors (Lipinski definition) is 1. The highest BCUT2D eigenvalue weighted by Gasteiger charge is 2.03. The van der Waals surface area contributed by atoms with Gasteiger partial charge in [-0.1, -0.05) is 23.4 Å². The molecule has 2 N–H and O–H groups in total. The van der Waals surface area contributed by atoms with Crippen LogP contribution in [0.2, 0.25) is 5.02 Å². The lowest BCUT2D eigenvalue weighted by molar-refractivity contribution is 0.414. The molecule has 2 nitrogen and oxygen atoms in total. The maximum Gasteiger partial charge on any atom is 0.138 e. The summed E-state index contributed by atoms with van der Waals surface area (Å²) < 4.78 is 5.18. The Kier molecular flexibility index (Phi) is 3.82. The second-order valence-electron chi connectivity index (χ2n) is 3.47. The fourth-order valence-electron chi connectivity index (χ4n) is 1.38. The number of benzene rings is 2. The first-order valence-corrected chi connectivity index (χ1v) is 6.25. The third-order valence-corrected chi connectivity index (χ3v) is 3.55. The predicted molar refractivity (Wildman–Crippen MR) is 73.0 cm³/mol. The molecule has 0 fully saturated rings. The van der Waals surface area contributed by atoms with Crippen LogP contribution in [-0.2, 0) is 0 Å². The SMILES string of the molecule is COc1cc(Sc2ccc(N)cc2)ccc1Cl. The second kappa shape index (κ2) is 5.34. The minimum Gasteiger partial charge on any atom is -0.495 e. The molecule has 0 aliphatic carbocycles. The van der Waals surface area contributed by atoms with Crippen molar-refractivity contribution in [2.75, 3.05) is 12.8 Å². The van der Waals surface area contributed by atoms with E-state index in [1.165, 1.54) is 0 Å². The molecule has 0 saturated carbocycles. The lowest BCUT2D eigenvalue weighted by Gasteiger charge is -2.06. The average Bonchev–Trinajstić information content (AvgIpc) is 2.34. The van der Waals surface area contributed by atoms with Crippen LogP contribution in [0, 0.1) is 0 Å². The van der Waals surface area contributed by atoms with Gasteiger partial charge in [-0.3, -0.25) is 0 Å². The van der Waals surface area contributed by atoms with Crippen molar-refractivity contribution in [3.05, 3.63) is 47.5 Å². The molecule has 0 aromatic heterocycles. The van der Waals surface area contributed by atoms with Gasteiger partial charge in [-0.15, -0.1) is 0 Å². The van der Waals surface area contributed by atoms with Crippen molar-refractivity contribution >= 4 is 29.1 Å². The van der Waals surface area contributed by atoms with Gasteiger partial charge in [0, 0.05) is 15.5 Å². The summed E-state index contributed by atoms with van der Waals surface area (Å²) in [5, 5.41) is 0.620. The van der Waals surface area contributed by atoms with Crippen molar-refractivity contribution in [1.29, 1.82) is 0 Å². The minimum atomic E-state index is 0.620. The molecule has 0 radical (unpaired) electrons. The van der Waals surface area contributed by atoms with Crippen LogP contribution in [0.5, 0.6) is 5.75 Å². The lowest BCUT2D eigenvalue weighted by Crippen LogP contribution is -1.85. The number of nitrogen functional groups attached to an aromatic ring is 1. The zero-order valence-corrected chi connectivity index (χ0v) is 10.9. The van der Waals surface area contributed by atoms with Crippen molar-refractivity contribution in [2.24, 2.45) is 0 Å². The maximum atomic E-state index is 5.97. The molecule has 2 aromatic rings. The summed E-state index contributed by atoms with van der Waals surface area (Å²) in [5.41, 5.74) is 6.41. The summed E-state index contributed by atoms with van der Waals surface area (Å²) in [6.45, 7) is 0. The smallest absolute Gasteiger partial charge is 0.138 e. The number of anilines is 1. The summed E-state index contributed by atoms with van der Waals surface area (Å²) in [6.07, 6.45) is 0. The predicted octanol–water partition coefficient (Wildman–Crippen LogP) is 4.08. The fraction of sp³-hybridized carbons (Fsp3) is 0.0769. The summed E-state index contributed by atoms with van der Waals surface area (Å²) in [5.74, 6) is 0.687. The summed E-state index contributed by atoms with van der Waals surface area (Å²) in [7, 11) is 1.61. The Morgan fingerprint density at radius 3 is 2.35 bits per heavy atom. The Morgan fingerprint density at radius 2 is 1.71 bits per heavy atom. The van der Waals surface area contributed by atoms with Crippen LogP contribution in [-0.4, -0.2) is 7.11 Å². The van der Waals surface area contributed by atoms with E-state index in [0.29, 0.717) is 10.8 Å². The van der Waals surface area contributed by atoms with Gasteiger partial charge in [0.05, 0.1) is 12.1 Å². The Balaban J connectivity index is 2.21. The molecule has 0 atom stereocenters. The monoisotopic (exact) mass is 265 g/mol. The van der Waals surface area contributed by atoms with Crippen LogP contribution < -0.4 is 10.5 Å². The van der Waals surface area contributed by atoms with Crippen LogP contribution in [0.3, 0.4) is 0 Å². The van der Waals surface area contributed by atoms with E-state index in [9.17, 15) is 0 Å². The number of ether oxygens (including phenoxy) is 1. The van der Waals surface area contributed by atoms with E-state index in [2.05, 4.69) is 0 Å². The van der Waals surface area contributed by atoms with Crippen molar-refractivity contribution in [3.63, 3.8) is 0 Å². The number of nitrogens with two attached hydrogens (primary N) is 1. The molecule has 0 aliphatic rings. The molecule has 0 spiro atoms. The second-order valence-corrected chi connectivity index (χ2v) is 5.02. The van der Waals surface area contributed by atoms with Gasteiger partial charge in [-0.2, -0.15) is 0 Å². The first-order chi connectivity index (χ1) is 8.19. The summed E-state index contributed by atoms with van der Waals surface area (Å²) in [6, 6.07) is 13.5. The molecule has 2 rings (SSSR count). The number of halogens is 1. The quantitative estimate of drug-likeness (QED) is 0.850. The molecule has 0 saturated heterocycles. The maximum absolute atomic E-state index is 5.97. The van der Waals surface area contributed by atoms with E-state index in [-0.39, 0.29) is 0 Å². The zero-order valence-electron chi connectivity index (χ0n) is 9.31. The van der Waals surface area contributed by atoms with Gasteiger partial charge >= 0.3 is 0 Å². The van der Waals surface area contributed by atoms with Crippen LogP contribution >= 0.6 is 23.4 Å². The lowest BCUT2D eigenvalue weighted by atomic mass is 10.3. The van der Waals surface area contributed by atoms with Gasteiger partial charge < -0.3 is 10.5 Å². The molecule has 0 heterocycles. The molecule has 0 aliphatic heterocycles. The Hall–Kier alpha value is -1.32. The average molecular weight is 266 g/mol. The van der Waals surface area contributed by atoms with Crippen molar-refractivity contribution in [1.82, 2.24) is 0 Å². The molecule has 2 aromatic carbocycles. The van der Waals surface area contributed by atoms with Crippen molar-refractivity contribution in [3.8, 4) is 5.75 Å². The van der Waals surface area contributed by atoms with Crippen LogP contribution in [0.4, 0.5) is 5.69 Å². The normalized spacial score (nSPS) is 10.2. The molecule has 88 valence electrons. The van der Waals surface area contributed by atoms with Gasteiger partial charge in [-0.25, -0.2) is 0 Å². The van der Waals surface area contributed by atoms with E-state index in [0.717, 1.165) is 15.5 Å². The Labute approximate surface area is 110 Å². The van der Waals surface area contributed by atoms with Crippen LogP contribution in [0.1, 0.15) is 0 Å². The Morgan fingerprint density at radius 1 is 1.06 bits per heavy atom. The fourth-order valence-corrected chi connectivity index (χ4v) is 2.42. The van der Waals surface area contributed by atoms with E-state index in [1.54, 1.807) is 18.9 Å². The Bertz CT molecular complexity index is 513. The number of methoxy groups -OCH3 is 1. The van der Waals surface area contributed by atoms with Crippen molar-refractivity contribution < 1.29 is 4.74 Å². The molecule has 0 unspecified atom stereocenters.